The first-order valence-corrected chi connectivity index (χ1v) is 13.3. The standard InChI is InChI=1S/C31H37ClN2O2/c1-24(2)36-30(35)31(3,27-10-5-4-6-11-27)17-8-18-33-19-21-34(22-20-33)29-15-13-25(14-16-29)26-9-7-12-28(32)23-26/h4-7,9-16,23-24H,8,17-22H2,1-3H3. The fourth-order valence-electron chi connectivity index (χ4n) is 4.93. The molecule has 5 heteroatoms. The fourth-order valence-corrected chi connectivity index (χ4v) is 5.12. The third-order valence-electron chi connectivity index (χ3n) is 7.12. The Bertz CT molecular complexity index is 1120. The molecule has 0 aliphatic carbocycles. The molecule has 190 valence electrons. The van der Waals surface area contributed by atoms with Gasteiger partial charge in [-0.2, -0.15) is 0 Å². The highest BCUT2D eigenvalue weighted by molar-refractivity contribution is 6.30. The molecule has 1 aliphatic heterocycles. The molecule has 1 heterocycles. The summed E-state index contributed by atoms with van der Waals surface area (Å²) in [5.74, 6) is -0.130. The van der Waals surface area contributed by atoms with Crippen molar-refractivity contribution in [2.75, 3.05) is 37.6 Å². The summed E-state index contributed by atoms with van der Waals surface area (Å²) >= 11 is 6.15. The zero-order chi connectivity index (χ0) is 25.5. The molecule has 4 nitrogen and oxygen atoms in total. The van der Waals surface area contributed by atoms with Crippen molar-refractivity contribution in [2.45, 2.75) is 45.1 Å². The van der Waals surface area contributed by atoms with Crippen LogP contribution >= 0.6 is 11.6 Å². The minimum atomic E-state index is -0.627. The van der Waals surface area contributed by atoms with E-state index in [9.17, 15) is 4.79 Å². The average molecular weight is 505 g/mol. The van der Waals surface area contributed by atoms with E-state index in [0.29, 0.717) is 0 Å². The molecule has 0 saturated carbocycles. The Hall–Kier alpha value is -2.82. The summed E-state index contributed by atoms with van der Waals surface area (Å²) in [6, 6.07) is 26.8. The van der Waals surface area contributed by atoms with Gasteiger partial charge in [-0.3, -0.25) is 9.69 Å². The molecule has 1 saturated heterocycles. The van der Waals surface area contributed by atoms with Gasteiger partial charge in [-0.15, -0.1) is 0 Å². The van der Waals surface area contributed by atoms with Crippen molar-refractivity contribution in [3.8, 4) is 11.1 Å². The van der Waals surface area contributed by atoms with E-state index in [1.807, 2.05) is 69.3 Å². The maximum atomic E-state index is 13.0. The van der Waals surface area contributed by atoms with Crippen LogP contribution in [0.5, 0.6) is 0 Å². The van der Waals surface area contributed by atoms with E-state index in [1.54, 1.807) is 0 Å². The quantitative estimate of drug-likeness (QED) is 0.299. The van der Waals surface area contributed by atoms with E-state index >= 15 is 0 Å². The van der Waals surface area contributed by atoms with Crippen LogP contribution in [0.15, 0.2) is 78.9 Å². The van der Waals surface area contributed by atoms with E-state index in [4.69, 9.17) is 16.3 Å². The van der Waals surface area contributed by atoms with Gasteiger partial charge in [0, 0.05) is 36.9 Å². The molecule has 0 radical (unpaired) electrons. The van der Waals surface area contributed by atoms with Crippen LogP contribution in [0.3, 0.4) is 0 Å². The van der Waals surface area contributed by atoms with Crippen LogP contribution in [0, 0.1) is 0 Å². The lowest BCUT2D eigenvalue weighted by atomic mass is 9.78. The molecule has 3 aromatic carbocycles. The number of hydrogen-bond acceptors (Lipinski definition) is 4. The number of hydrogen-bond donors (Lipinski definition) is 0. The Balaban J connectivity index is 1.30. The lowest BCUT2D eigenvalue weighted by molar-refractivity contribution is -0.154. The highest BCUT2D eigenvalue weighted by atomic mass is 35.5. The summed E-state index contributed by atoms with van der Waals surface area (Å²) in [6.07, 6.45) is 1.61. The smallest absolute Gasteiger partial charge is 0.316 e. The molecule has 0 N–H and O–H groups in total. The van der Waals surface area contributed by atoms with Gasteiger partial charge in [0.15, 0.2) is 0 Å². The molecule has 1 unspecified atom stereocenters. The number of piperazine rings is 1. The van der Waals surface area contributed by atoms with Crippen LogP contribution in [0.2, 0.25) is 5.02 Å². The first-order valence-electron chi connectivity index (χ1n) is 12.9. The predicted octanol–water partition coefficient (Wildman–Crippen LogP) is 6.82. The lowest BCUT2D eigenvalue weighted by Crippen LogP contribution is -2.47. The molecule has 36 heavy (non-hydrogen) atoms. The number of benzene rings is 3. The number of anilines is 1. The SMILES string of the molecule is CC(C)OC(=O)C(C)(CCCN1CCN(c2ccc(-c3cccc(Cl)c3)cc2)CC1)c1ccccc1. The molecule has 3 aromatic rings. The van der Waals surface area contributed by atoms with Crippen LogP contribution in [0.4, 0.5) is 5.69 Å². The molecule has 1 fully saturated rings. The van der Waals surface area contributed by atoms with Crippen molar-refractivity contribution in [2.24, 2.45) is 0 Å². The Kier molecular flexibility index (Phi) is 8.71. The molecule has 0 spiro atoms. The molecule has 0 bridgehead atoms. The van der Waals surface area contributed by atoms with Crippen molar-refractivity contribution in [3.05, 3.63) is 89.4 Å². The highest BCUT2D eigenvalue weighted by Gasteiger charge is 2.37. The number of carbonyl (C=O) groups is 1. The van der Waals surface area contributed by atoms with E-state index in [2.05, 4.69) is 40.1 Å². The number of nitrogens with zero attached hydrogens (tertiary/aromatic N) is 2. The monoisotopic (exact) mass is 504 g/mol. The molecule has 4 rings (SSSR count). The van der Waals surface area contributed by atoms with Gasteiger partial charge in [-0.25, -0.2) is 0 Å². The summed E-state index contributed by atoms with van der Waals surface area (Å²) in [5.41, 5.74) is 3.98. The maximum Gasteiger partial charge on any atom is 0.316 e. The average Bonchev–Trinajstić information content (AvgIpc) is 2.89. The van der Waals surface area contributed by atoms with Gasteiger partial charge in [0.05, 0.1) is 11.5 Å². The minimum Gasteiger partial charge on any atom is -0.462 e. The topological polar surface area (TPSA) is 32.8 Å². The van der Waals surface area contributed by atoms with Gasteiger partial charge < -0.3 is 9.64 Å². The summed E-state index contributed by atoms with van der Waals surface area (Å²) < 4.78 is 5.65. The zero-order valence-electron chi connectivity index (χ0n) is 21.6. The van der Waals surface area contributed by atoms with E-state index < -0.39 is 5.41 Å². The van der Waals surface area contributed by atoms with Gasteiger partial charge in [-0.1, -0.05) is 66.2 Å². The van der Waals surface area contributed by atoms with Gasteiger partial charge in [0.25, 0.3) is 0 Å². The molecule has 1 atom stereocenters. The number of ether oxygens (including phenoxy) is 1. The second-order valence-electron chi connectivity index (χ2n) is 10.1. The van der Waals surface area contributed by atoms with E-state index in [0.717, 1.165) is 61.7 Å². The third-order valence-corrected chi connectivity index (χ3v) is 7.35. The fraction of sp³-hybridized carbons (Fsp3) is 0.387. The summed E-state index contributed by atoms with van der Waals surface area (Å²) in [5, 5.41) is 0.758. The molecule has 0 aromatic heterocycles. The normalized spacial score (nSPS) is 16.1. The summed E-state index contributed by atoms with van der Waals surface area (Å²) in [6.45, 7) is 10.9. The van der Waals surface area contributed by atoms with E-state index in [1.165, 1.54) is 11.3 Å². The van der Waals surface area contributed by atoms with Crippen molar-refractivity contribution in [3.63, 3.8) is 0 Å². The number of carbonyl (C=O) groups excluding carboxylic acids is 1. The first-order chi connectivity index (χ1) is 17.3. The summed E-state index contributed by atoms with van der Waals surface area (Å²) in [4.78, 5) is 18.0. The number of esters is 1. The van der Waals surface area contributed by atoms with Crippen LogP contribution < -0.4 is 4.90 Å². The molecule has 1 aliphatic rings. The third kappa shape index (κ3) is 6.48. The first kappa shape index (κ1) is 26.2. The number of rotatable bonds is 9. The molecular weight excluding hydrogens is 468 g/mol. The highest BCUT2D eigenvalue weighted by Crippen LogP contribution is 2.32. The Morgan fingerprint density at radius 3 is 2.25 bits per heavy atom. The van der Waals surface area contributed by atoms with Crippen LogP contribution in [0.25, 0.3) is 11.1 Å². The van der Waals surface area contributed by atoms with Gasteiger partial charge >= 0.3 is 5.97 Å². The van der Waals surface area contributed by atoms with Crippen molar-refractivity contribution >= 4 is 23.3 Å². The minimum absolute atomic E-state index is 0.117. The van der Waals surface area contributed by atoms with E-state index in [-0.39, 0.29) is 12.1 Å². The Morgan fingerprint density at radius 1 is 0.917 bits per heavy atom. The zero-order valence-corrected chi connectivity index (χ0v) is 22.4. The maximum absolute atomic E-state index is 13.0. The molecular formula is C31H37ClN2O2. The predicted molar refractivity (Wildman–Crippen MR) is 150 cm³/mol. The number of halogens is 1. The molecule has 0 amide bonds. The van der Waals surface area contributed by atoms with Gasteiger partial charge in [0.1, 0.15) is 0 Å². The van der Waals surface area contributed by atoms with Crippen LogP contribution in [-0.2, 0) is 14.9 Å². The van der Waals surface area contributed by atoms with Crippen LogP contribution in [0.1, 0.15) is 39.2 Å². The Labute approximate surface area is 220 Å². The van der Waals surface area contributed by atoms with Gasteiger partial charge in [-0.05, 0) is 81.1 Å². The second-order valence-corrected chi connectivity index (χ2v) is 10.6. The lowest BCUT2D eigenvalue weighted by Gasteiger charge is -2.37. The van der Waals surface area contributed by atoms with Crippen molar-refractivity contribution < 1.29 is 9.53 Å². The Morgan fingerprint density at radius 2 is 1.61 bits per heavy atom. The summed E-state index contributed by atoms with van der Waals surface area (Å²) in [7, 11) is 0. The largest absolute Gasteiger partial charge is 0.462 e. The second kappa shape index (κ2) is 11.9. The van der Waals surface area contributed by atoms with Crippen LogP contribution in [-0.4, -0.2) is 49.7 Å². The van der Waals surface area contributed by atoms with Crippen molar-refractivity contribution in [1.29, 1.82) is 0 Å². The van der Waals surface area contributed by atoms with Crippen molar-refractivity contribution in [1.82, 2.24) is 4.90 Å². The van der Waals surface area contributed by atoms with Gasteiger partial charge in [0.2, 0.25) is 0 Å².